The summed E-state index contributed by atoms with van der Waals surface area (Å²) in [4.78, 5) is 22.1. The van der Waals surface area contributed by atoms with Crippen LogP contribution in [0.5, 0.6) is 0 Å². The van der Waals surface area contributed by atoms with Crippen molar-refractivity contribution in [3.05, 3.63) is 0 Å². The summed E-state index contributed by atoms with van der Waals surface area (Å²) in [6, 6.07) is -1.71. The van der Waals surface area contributed by atoms with E-state index >= 15 is 0 Å². The fourth-order valence-electron chi connectivity index (χ4n) is 1.04. The zero-order valence-electron chi connectivity index (χ0n) is 11.8. The molecular weight excluding hydrogens is 304 g/mol. The van der Waals surface area contributed by atoms with Gasteiger partial charge < -0.3 is 26.0 Å². The largest absolute Gasteiger partial charge is 0.480 e. The van der Waals surface area contributed by atoms with Crippen molar-refractivity contribution in [1.82, 2.24) is 0 Å². The lowest BCUT2D eigenvalue weighted by Gasteiger charge is -2.18. The Kier molecular flexibility index (Phi) is 10.0. The number of rotatable bonds is 10. The second kappa shape index (κ2) is 10.3. The van der Waals surface area contributed by atoms with E-state index in [-0.39, 0.29) is 11.9 Å². The lowest BCUT2D eigenvalue weighted by molar-refractivity contribution is -0.182. The average molecular weight is 326 g/mol. The van der Waals surface area contributed by atoms with Gasteiger partial charge in [-0.15, -0.1) is 0 Å². The van der Waals surface area contributed by atoms with Crippen LogP contribution in [0.2, 0.25) is 0 Å². The van der Waals surface area contributed by atoms with Gasteiger partial charge in [0.05, 0.1) is 6.10 Å². The fraction of sp³-hybridized carbons (Fsp3) is 0.818. The van der Waals surface area contributed by atoms with Gasteiger partial charge in [0.1, 0.15) is 12.1 Å². The van der Waals surface area contributed by atoms with Crippen molar-refractivity contribution in [2.24, 2.45) is 11.5 Å². The van der Waals surface area contributed by atoms with E-state index in [1.165, 1.54) is 21.6 Å². The topological polar surface area (TPSA) is 125 Å². The monoisotopic (exact) mass is 326 g/mol. The molecule has 0 amide bonds. The molecule has 7 nitrogen and oxygen atoms in total. The molecule has 0 aliphatic heterocycles. The first-order valence-corrected chi connectivity index (χ1v) is 8.57. The van der Waals surface area contributed by atoms with Crippen LogP contribution < -0.4 is 11.5 Å². The Bertz CT molecular complexity index is 317. The number of carbonyl (C=O) groups is 2. The Labute approximate surface area is 126 Å². The summed E-state index contributed by atoms with van der Waals surface area (Å²) in [5, 5.41) is 8.59. The first kappa shape index (κ1) is 19.5. The van der Waals surface area contributed by atoms with Crippen molar-refractivity contribution < 1.29 is 24.2 Å². The van der Waals surface area contributed by atoms with Crippen LogP contribution in [0, 0.1) is 0 Å². The van der Waals surface area contributed by atoms with Crippen molar-refractivity contribution in [3.63, 3.8) is 0 Å². The van der Waals surface area contributed by atoms with Crippen LogP contribution in [0.1, 0.15) is 20.8 Å². The van der Waals surface area contributed by atoms with Gasteiger partial charge in [0, 0.05) is 11.5 Å². The maximum absolute atomic E-state index is 11.6. The molecule has 5 N–H and O–H groups in total. The molecule has 0 saturated carbocycles. The number of aliphatic carboxylic acids is 1. The molecule has 0 aliphatic rings. The predicted molar refractivity (Wildman–Crippen MR) is 80.3 cm³/mol. The fourth-order valence-corrected chi connectivity index (χ4v) is 3.27. The zero-order chi connectivity index (χ0) is 15.7. The first-order chi connectivity index (χ1) is 9.23. The molecule has 0 heterocycles. The number of hydrogen-bond acceptors (Lipinski definition) is 8. The Hall–Kier alpha value is -0.480. The van der Waals surface area contributed by atoms with Gasteiger partial charge in [0.15, 0.2) is 6.29 Å². The quantitative estimate of drug-likeness (QED) is 0.227. The van der Waals surface area contributed by atoms with Gasteiger partial charge >= 0.3 is 11.9 Å². The minimum absolute atomic E-state index is 0.0449. The van der Waals surface area contributed by atoms with Crippen LogP contribution in [-0.2, 0) is 19.1 Å². The van der Waals surface area contributed by atoms with E-state index in [2.05, 4.69) is 0 Å². The molecule has 0 fully saturated rings. The SMILES string of the molecule is CC(C)OC(C)OC(=O)C(N)CSSCC(N)C(=O)O. The second-order valence-electron chi connectivity index (χ2n) is 4.31. The third-order valence-electron chi connectivity index (χ3n) is 1.94. The molecule has 3 unspecified atom stereocenters. The highest BCUT2D eigenvalue weighted by atomic mass is 33.1. The summed E-state index contributed by atoms with van der Waals surface area (Å²) in [7, 11) is 2.54. The molecule has 0 bridgehead atoms. The van der Waals surface area contributed by atoms with Crippen molar-refractivity contribution in [3.8, 4) is 0 Å². The Morgan fingerprint density at radius 2 is 1.60 bits per heavy atom. The van der Waals surface area contributed by atoms with Gasteiger partial charge in [0.25, 0.3) is 0 Å². The van der Waals surface area contributed by atoms with Crippen LogP contribution in [0.4, 0.5) is 0 Å². The first-order valence-electron chi connectivity index (χ1n) is 6.08. The Morgan fingerprint density at radius 1 is 1.10 bits per heavy atom. The van der Waals surface area contributed by atoms with Crippen molar-refractivity contribution >= 4 is 33.5 Å². The molecule has 0 radical (unpaired) electrons. The number of carbonyl (C=O) groups excluding carboxylic acids is 1. The number of nitrogens with two attached hydrogens (primary N) is 2. The zero-order valence-corrected chi connectivity index (χ0v) is 13.4. The van der Waals surface area contributed by atoms with Crippen molar-refractivity contribution in [1.29, 1.82) is 0 Å². The number of esters is 1. The molecule has 0 aromatic heterocycles. The van der Waals surface area contributed by atoms with E-state index in [0.29, 0.717) is 5.75 Å². The molecular formula is C11H22N2O5S2. The number of carboxylic acid groups (broad SMARTS) is 1. The Balaban J connectivity index is 3.83. The van der Waals surface area contributed by atoms with E-state index in [1.807, 2.05) is 13.8 Å². The van der Waals surface area contributed by atoms with E-state index in [4.69, 9.17) is 26.0 Å². The molecule has 9 heteroatoms. The lowest BCUT2D eigenvalue weighted by atomic mass is 10.4. The summed E-state index contributed by atoms with van der Waals surface area (Å²) >= 11 is 0. The molecule has 3 atom stereocenters. The highest BCUT2D eigenvalue weighted by Crippen LogP contribution is 2.22. The molecule has 0 rings (SSSR count). The van der Waals surface area contributed by atoms with E-state index < -0.39 is 30.3 Å². The molecule has 0 saturated heterocycles. The normalized spacial score (nSPS) is 15.7. The molecule has 0 aromatic rings. The summed E-state index contributed by atoms with van der Waals surface area (Å²) in [5.41, 5.74) is 11.0. The van der Waals surface area contributed by atoms with Crippen LogP contribution in [0.25, 0.3) is 0 Å². The molecule has 0 spiro atoms. The number of hydrogen-bond donors (Lipinski definition) is 3. The molecule has 0 aliphatic carbocycles. The second-order valence-corrected chi connectivity index (χ2v) is 6.86. The van der Waals surface area contributed by atoms with Crippen LogP contribution in [0.3, 0.4) is 0 Å². The number of carboxylic acids is 1. The van der Waals surface area contributed by atoms with Crippen LogP contribution >= 0.6 is 21.6 Å². The standard InChI is InChI=1S/C11H22N2O5S2/c1-6(2)17-7(3)18-11(16)9(13)5-20-19-4-8(12)10(14)15/h6-9H,4-5,12-13H2,1-3H3,(H,14,15). The summed E-state index contributed by atoms with van der Waals surface area (Å²) < 4.78 is 10.3. The van der Waals surface area contributed by atoms with Crippen LogP contribution in [0.15, 0.2) is 0 Å². The van der Waals surface area contributed by atoms with E-state index in [9.17, 15) is 9.59 Å². The minimum atomic E-state index is -1.05. The van der Waals surface area contributed by atoms with E-state index in [1.54, 1.807) is 6.92 Å². The van der Waals surface area contributed by atoms with Gasteiger partial charge in [-0.3, -0.25) is 9.59 Å². The van der Waals surface area contributed by atoms with Gasteiger partial charge in [-0.25, -0.2) is 0 Å². The average Bonchev–Trinajstić information content (AvgIpc) is 2.32. The molecule has 118 valence electrons. The van der Waals surface area contributed by atoms with Crippen molar-refractivity contribution in [2.75, 3.05) is 11.5 Å². The summed E-state index contributed by atoms with van der Waals surface area (Å²) in [6.07, 6.45) is -0.692. The third kappa shape index (κ3) is 9.43. The predicted octanol–water partition coefficient (Wildman–Crippen LogP) is 0.421. The van der Waals surface area contributed by atoms with Crippen LogP contribution in [-0.4, -0.2) is 53.0 Å². The van der Waals surface area contributed by atoms with Gasteiger partial charge in [0.2, 0.25) is 0 Å². The summed E-state index contributed by atoms with van der Waals surface area (Å²) in [5.74, 6) is -1.05. The lowest BCUT2D eigenvalue weighted by Crippen LogP contribution is -2.37. The Morgan fingerprint density at radius 3 is 2.05 bits per heavy atom. The van der Waals surface area contributed by atoms with Gasteiger partial charge in [-0.1, -0.05) is 21.6 Å². The molecule has 20 heavy (non-hydrogen) atoms. The highest BCUT2D eigenvalue weighted by molar-refractivity contribution is 8.76. The molecule has 0 aromatic carbocycles. The smallest absolute Gasteiger partial charge is 0.326 e. The van der Waals surface area contributed by atoms with Gasteiger partial charge in [-0.2, -0.15) is 0 Å². The number of ether oxygens (including phenoxy) is 2. The maximum atomic E-state index is 11.6. The minimum Gasteiger partial charge on any atom is -0.480 e. The summed E-state index contributed by atoms with van der Waals surface area (Å²) in [6.45, 7) is 5.29. The van der Waals surface area contributed by atoms with Crippen molar-refractivity contribution in [2.45, 2.75) is 45.2 Å². The van der Waals surface area contributed by atoms with Gasteiger partial charge in [-0.05, 0) is 20.8 Å². The maximum Gasteiger partial charge on any atom is 0.326 e. The third-order valence-corrected chi connectivity index (χ3v) is 4.42. The highest BCUT2D eigenvalue weighted by Gasteiger charge is 2.19. The van der Waals surface area contributed by atoms with E-state index in [0.717, 1.165) is 0 Å².